The van der Waals surface area contributed by atoms with Crippen molar-refractivity contribution in [3.05, 3.63) is 28.8 Å². The number of amides is 1. The van der Waals surface area contributed by atoms with Crippen LogP contribution in [0.1, 0.15) is 18.4 Å². The zero-order chi connectivity index (χ0) is 15.2. The minimum Gasteiger partial charge on any atom is -0.496 e. The van der Waals surface area contributed by atoms with Gasteiger partial charge in [0, 0.05) is 29.7 Å². The number of benzene rings is 1. The SMILES string of the molecule is COc1ccc(Cl)cc1CNC(=O)CN(CCO)C1CC1. The van der Waals surface area contributed by atoms with Crippen LogP contribution in [0.2, 0.25) is 5.02 Å². The van der Waals surface area contributed by atoms with Crippen LogP contribution >= 0.6 is 11.6 Å². The fourth-order valence-electron chi connectivity index (χ4n) is 2.28. The largest absolute Gasteiger partial charge is 0.496 e. The third-order valence-electron chi connectivity index (χ3n) is 3.52. The number of aliphatic hydroxyl groups is 1. The first kappa shape index (κ1) is 16.1. The van der Waals surface area contributed by atoms with Crippen LogP contribution in [0.4, 0.5) is 0 Å². The van der Waals surface area contributed by atoms with Gasteiger partial charge in [-0.3, -0.25) is 9.69 Å². The van der Waals surface area contributed by atoms with Crippen LogP contribution in [0.5, 0.6) is 5.75 Å². The molecule has 0 radical (unpaired) electrons. The Morgan fingerprint density at radius 1 is 1.52 bits per heavy atom. The van der Waals surface area contributed by atoms with Crippen LogP contribution in [0.3, 0.4) is 0 Å². The molecule has 0 saturated heterocycles. The van der Waals surface area contributed by atoms with Gasteiger partial charge in [0.15, 0.2) is 0 Å². The molecule has 0 atom stereocenters. The topological polar surface area (TPSA) is 61.8 Å². The summed E-state index contributed by atoms with van der Waals surface area (Å²) < 4.78 is 5.25. The quantitative estimate of drug-likeness (QED) is 0.762. The Hall–Kier alpha value is -1.30. The molecule has 5 nitrogen and oxygen atoms in total. The summed E-state index contributed by atoms with van der Waals surface area (Å²) in [4.78, 5) is 14.0. The number of nitrogens with one attached hydrogen (secondary N) is 1. The normalized spacial score (nSPS) is 14.3. The summed E-state index contributed by atoms with van der Waals surface area (Å²) in [5.41, 5.74) is 0.846. The van der Waals surface area contributed by atoms with E-state index < -0.39 is 0 Å². The number of ether oxygens (including phenoxy) is 1. The predicted molar refractivity (Wildman–Crippen MR) is 81.5 cm³/mol. The second-order valence-corrected chi connectivity index (χ2v) is 5.59. The van der Waals surface area contributed by atoms with E-state index in [1.165, 1.54) is 0 Å². The van der Waals surface area contributed by atoms with E-state index in [0.717, 1.165) is 18.4 Å². The molecule has 0 heterocycles. The molecule has 21 heavy (non-hydrogen) atoms. The molecule has 2 N–H and O–H groups in total. The maximum atomic E-state index is 12.0. The van der Waals surface area contributed by atoms with Crippen LogP contribution in [-0.4, -0.2) is 48.8 Å². The van der Waals surface area contributed by atoms with Gasteiger partial charge < -0.3 is 15.2 Å². The zero-order valence-corrected chi connectivity index (χ0v) is 12.9. The Bertz CT molecular complexity index is 492. The molecule has 1 amide bonds. The van der Waals surface area contributed by atoms with E-state index in [-0.39, 0.29) is 12.5 Å². The lowest BCUT2D eigenvalue weighted by atomic mass is 10.2. The second-order valence-electron chi connectivity index (χ2n) is 5.16. The maximum absolute atomic E-state index is 12.0. The molecule has 2 rings (SSSR count). The van der Waals surface area contributed by atoms with Crippen LogP contribution in [0, 0.1) is 0 Å². The predicted octanol–water partition coefficient (Wildman–Crippen LogP) is 1.42. The summed E-state index contributed by atoms with van der Waals surface area (Å²) in [6.07, 6.45) is 2.21. The van der Waals surface area contributed by atoms with Crippen molar-refractivity contribution in [2.75, 3.05) is 26.8 Å². The van der Waals surface area contributed by atoms with Gasteiger partial charge in [-0.15, -0.1) is 0 Å². The molecule has 0 aliphatic heterocycles. The summed E-state index contributed by atoms with van der Waals surface area (Å²) >= 11 is 5.96. The van der Waals surface area contributed by atoms with Crippen molar-refractivity contribution in [1.29, 1.82) is 0 Å². The number of methoxy groups -OCH3 is 1. The standard InChI is InChI=1S/C15H21ClN2O3/c1-21-14-5-2-12(16)8-11(14)9-17-15(20)10-18(6-7-19)13-3-4-13/h2,5,8,13,19H,3-4,6-7,9-10H2,1H3,(H,17,20). The maximum Gasteiger partial charge on any atom is 0.234 e. The van der Waals surface area contributed by atoms with E-state index >= 15 is 0 Å². The molecule has 116 valence electrons. The van der Waals surface area contributed by atoms with E-state index in [1.807, 2.05) is 4.90 Å². The van der Waals surface area contributed by atoms with E-state index in [2.05, 4.69) is 5.32 Å². The number of nitrogens with zero attached hydrogens (tertiary/aromatic N) is 1. The fourth-order valence-corrected chi connectivity index (χ4v) is 2.47. The van der Waals surface area contributed by atoms with E-state index in [9.17, 15) is 4.79 Å². The summed E-state index contributed by atoms with van der Waals surface area (Å²) in [5, 5.41) is 12.5. The van der Waals surface area contributed by atoms with Crippen molar-refractivity contribution >= 4 is 17.5 Å². The number of hydrogen-bond donors (Lipinski definition) is 2. The lowest BCUT2D eigenvalue weighted by Gasteiger charge is -2.20. The lowest BCUT2D eigenvalue weighted by Crippen LogP contribution is -2.39. The number of halogens is 1. The van der Waals surface area contributed by atoms with Gasteiger partial charge in [-0.2, -0.15) is 0 Å². The van der Waals surface area contributed by atoms with Gasteiger partial charge in [-0.05, 0) is 31.0 Å². The molecule has 0 bridgehead atoms. The minimum absolute atomic E-state index is 0.0580. The van der Waals surface area contributed by atoms with Crippen molar-refractivity contribution in [3.8, 4) is 5.75 Å². The highest BCUT2D eigenvalue weighted by molar-refractivity contribution is 6.30. The number of rotatable bonds is 8. The Morgan fingerprint density at radius 2 is 2.29 bits per heavy atom. The highest BCUT2D eigenvalue weighted by Gasteiger charge is 2.29. The molecule has 1 aliphatic rings. The smallest absolute Gasteiger partial charge is 0.234 e. The van der Waals surface area contributed by atoms with Crippen molar-refractivity contribution < 1.29 is 14.6 Å². The van der Waals surface area contributed by atoms with Gasteiger partial charge in [0.1, 0.15) is 5.75 Å². The first-order chi connectivity index (χ1) is 10.1. The van der Waals surface area contributed by atoms with Gasteiger partial charge in [-0.25, -0.2) is 0 Å². The van der Waals surface area contributed by atoms with Crippen molar-refractivity contribution in [2.45, 2.75) is 25.4 Å². The molecular formula is C15H21ClN2O3. The summed E-state index contributed by atoms with van der Waals surface area (Å²) in [6.45, 7) is 1.30. The fraction of sp³-hybridized carbons (Fsp3) is 0.533. The zero-order valence-electron chi connectivity index (χ0n) is 12.1. The molecule has 1 fully saturated rings. The van der Waals surface area contributed by atoms with E-state index in [1.54, 1.807) is 25.3 Å². The number of hydrogen-bond acceptors (Lipinski definition) is 4. The van der Waals surface area contributed by atoms with Crippen LogP contribution in [0.25, 0.3) is 0 Å². The van der Waals surface area contributed by atoms with Gasteiger partial charge in [-0.1, -0.05) is 11.6 Å². The van der Waals surface area contributed by atoms with E-state index in [4.69, 9.17) is 21.4 Å². The third-order valence-corrected chi connectivity index (χ3v) is 3.75. The van der Waals surface area contributed by atoms with Gasteiger partial charge in [0.05, 0.1) is 20.3 Å². The molecule has 1 aromatic carbocycles. The highest BCUT2D eigenvalue weighted by Crippen LogP contribution is 2.26. The Labute approximate surface area is 129 Å². The van der Waals surface area contributed by atoms with Crippen molar-refractivity contribution in [2.24, 2.45) is 0 Å². The number of carbonyl (C=O) groups is 1. The van der Waals surface area contributed by atoms with Gasteiger partial charge >= 0.3 is 0 Å². The highest BCUT2D eigenvalue weighted by atomic mass is 35.5. The van der Waals surface area contributed by atoms with Crippen molar-refractivity contribution in [3.63, 3.8) is 0 Å². The molecule has 1 aromatic rings. The average molecular weight is 313 g/mol. The third kappa shape index (κ3) is 4.88. The number of carbonyl (C=O) groups excluding carboxylic acids is 1. The molecule has 0 aromatic heterocycles. The first-order valence-electron chi connectivity index (χ1n) is 7.08. The van der Waals surface area contributed by atoms with Crippen LogP contribution in [0.15, 0.2) is 18.2 Å². The Balaban J connectivity index is 1.87. The van der Waals surface area contributed by atoms with Gasteiger partial charge in [0.2, 0.25) is 5.91 Å². The Kier molecular flexibility index (Phi) is 5.85. The second kappa shape index (κ2) is 7.64. The summed E-state index contributed by atoms with van der Waals surface area (Å²) in [5.74, 6) is 0.645. The molecule has 0 unspecified atom stereocenters. The molecule has 1 saturated carbocycles. The van der Waals surface area contributed by atoms with E-state index in [0.29, 0.717) is 36.4 Å². The minimum atomic E-state index is -0.0580. The molecule has 0 spiro atoms. The van der Waals surface area contributed by atoms with Crippen LogP contribution in [-0.2, 0) is 11.3 Å². The summed E-state index contributed by atoms with van der Waals surface area (Å²) in [7, 11) is 1.59. The molecular weight excluding hydrogens is 292 g/mol. The first-order valence-corrected chi connectivity index (χ1v) is 7.46. The molecule has 1 aliphatic carbocycles. The number of aliphatic hydroxyl groups excluding tert-OH is 1. The van der Waals surface area contributed by atoms with Crippen molar-refractivity contribution in [1.82, 2.24) is 10.2 Å². The monoisotopic (exact) mass is 312 g/mol. The summed E-state index contributed by atoms with van der Waals surface area (Å²) in [6, 6.07) is 5.77. The Morgan fingerprint density at radius 3 is 2.90 bits per heavy atom. The lowest BCUT2D eigenvalue weighted by molar-refractivity contribution is -0.122. The van der Waals surface area contributed by atoms with Gasteiger partial charge in [0.25, 0.3) is 0 Å². The molecule has 6 heteroatoms. The average Bonchev–Trinajstić information content (AvgIpc) is 3.29. The van der Waals surface area contributed by atoms with Crippen LogP contribution < -0.4 is 10.1 Å².